The van der Waals surface area contributed by atoms with Gasteiger partial charge >= 0.3 is 0 Å². The van der Waals surface area contributed by atoms with Crippen molar-refractivity contribution in [2.75, 3.05) is 0 Å². The van der Waals surface area contributed by atoms with Crippen LogP contribution in [0.25, 0.3) is 0 Å². The Morgan fingerprint density at radius 2 is 1.75 bits per heavy atom. The van der Waals surface area contributed by atoms with Crippen LogP contribution < -0.4 is 0 Å². The van der Waals surface area contributed by atoms with Gasteiger partial charge in [-0.3, -0.25) is 4.79 Å². The van der Waals surface area contributed by atoms with E-state index >= 15 is 4.39 Å². The zero-order valence-electron chi connectivity index (χ0n) is 24.1. The highest BCUT2D eigenvalue weighted by molar-refractivity contribution is 8.14. The number of thioether (sulfide) groups is 1. The molecular formula is C33H55FOS. The molecule has 5 aliphatic rings. The molecule has 5 fully saturated rings. The first-order valence-corrected chi connectivity index (χ1v) is 16.9. The zero-order valence-corrected chi connectivity index (χ0v) is 24.9. The highest BCUT2D eigenvalue weighted by atomic mass is 32.2. The molecule has 0 aromatic heterocycles. The number of carbonyl (C=O) groups is 1. The van der Waals surface area contributed by atoms with Crippen LogP contribution >= 0.6 is 11.8 Å². The van der Waals surface area contributed by atoms with E-state index in [1.165, 1.54) is 51.4 Å². The molecule has 0 aromatic carbocycles. The molecular weight excluding hydrogens is 463 g/mol. The molecule has 12 unspecified atom stereocenters. The van der Waals surface area contributed by atoms with Crippen LogP contribution in [-0.4, -0.2) is 16.0 Å². The number of halogens is 1. The van der Waals surface area contributed by atoms with Gasteiger partial charge in [0.2, 0.25) is 0 Å². The normalized spacial score (nSPS) is 48.4. The third kappa shape index (κ3) is 4.99. The van der Waals surface area contributed by atoms with Crippen molar-refractivity contribution in [3.05, 3.63) is 0 Å². The Hall–Kier alpha value is -0.0500. The smallest absolute Gasteiger partial charge is 0.192 e. The van der Waals surface area contributed by atoms with Crippen LogP contribution in [0.2, 0.25) is 0 Å². The lowest BCUT2D eigenvalue weighted by Gasteiger charge is -2.58. The highest BCUT2D eigenvalue weighted by Crippen LogP contribution is 2.66. The van der Waals surface area contributed by atoms with Crippen molar-refractivity contribution in [1.82, 2.24) is 0 Å². The van der Waals surface area contributed by atoms with Gasteiger partial charge in [-0.1, -0.05) is 65.6 Å². The quantitative estimate of drug-likeness (QED) is 0.348. The van der Waals surface area contributed by atoms with E-state index in [0.29, 0.717) is 34.0 Å². The van der Waals surface area contributed by atoms with Gasteiger partial charge in [-0.2, -0.15) is 0 Å². The molecule has 0 radical (unpaired) electrons. The van der Waals surface area contributed by atoms with E-state index in [2.05, 4.69) is 34.6 Å². The van der Waals surface area contributed by atoms with Gasteiger partial charge in [-0.25, -0.2) is 4.39 Å². The predicted octanol–water partition coefficient (Wildman–Crippen LogP) is 9.87. The number of fused-ring (bicyclic) bond motifs is 5. The van der Waals surface area contributed by atoms with E-state index in [-0.39, 0.29) is 17.3 Å². The second kappa shape index (κ2) is 10.8. The molecule has 0 aromatic rings. The second-order valence-electron chi connectivity index (χ2n) is 14.8. The molecule has 3 heteroatoms. The molecule has 0 N–H and O–H groups in total. The van der Waals surface area contributed by atoms with Crippen molar-refractivity contribution in [2.24, 2.45) is 58.7 Å². The average Bonchev–Trinajstić information content (AvgIpc) is 3.21. The van der Waals surface area contributed by atoms with Crippen LogP contribution in [-0.2, 0) is 4.79 Å². The molecule has 0 spiro atoms. The summed E-state index contributed by atoms with van der Waals surface area (Å²) in [6.45, 7) is 11.9. The van der Waals surface area contributed by atoms with Crippen LogP contribution in [0.15, 0.2) is 0 Å². The van der Waals surface area contributed by atoms with Crippen LogP contribution in [0, 0.1) is 58.7 Å². The highest BCUT2D eigenvalue weighted by Gasteiger charge is 2.63. The Morgan fingerprint density at radius 1 is 0.944 bits per heavy atom. The van der Waals surface area contributed by atoms with Crippen LogP contribution in [0.1, 0.15) is 131 Å². The Bertz CT molecular complexity index is 784. The number of rotatable bonds is 6. The number of alkyl halides is 1. The lowest BCUT2D eigenvalue weighted by atomic mass is 9.48. The van der Waals surface area contributed by atoms with E-state index in [1.807, 2.05) is 0 Å². The summed E-state index contributed by atoms with van der Waals surface area (Å²) >= 11 is 1.75. The maximum atomic E-state index is 16.6. The van der Waals surface area contributed by atoms with Gasteiger partial charge in [0.05, 0.1) is 0 Å². The average molecular weight is 519 g/mol. The van der Waals surface area contributed by atoms with Crippen molar-refractivity contribution in [1.29, 1.82) is 0 Å². The molecule has 5 saturated carbocycles. The molecule has 0 saturated heterocycles. The van der Waals surface area contributed by atoms with Crippen molar-refractivity contribution in [3.8, 4) is 0 Å². The van der Waals surface area contributed by atoms with E-state index in [9.17, 15) is 4.79 Å². The molecule has 5 aliphatic carbocycles. The van der Waals surface area contributed by atoms with Gasteiger partial charge in [0.1, 0.15) is 5.67 Å². The summed E-state index contributed by atoms with van der Waals surface area (Å²) in [6.07, 6.45) is 17.4. The first-order chi connectivity index (χ1) is 17.2. The van der Waals surface area contributed by atoms with E-state index in [0.717, 1.165) is 62.7 Å². The lowest BCUT2D eigenvalue weighted by Crippen LogP contribution is -2.56. The molecule has 206 valence electrons. The second-order valence-corrected chi connectivity index (χ2v) is 16.1. The lowest BCUT2D eigenvalue weighted by molar-refractivity contribution is -0.142. The monoisotopic (exact) mass is 518 g/mol. The van der Waals surface area contributed by atoms with Crippen LogP contribution in [0.5, 0.6) is 0 Å². The van der Waals surface area contributed by atoms with Crippen molar-refractivity contribution in [2.45, 2.75) is 142 Å². The Labute approximate surface area is 226 Å². The van der Waals surface area contributed by atoms with E-state index < -0.39 is 5.67 Å². The molecule has 36 heavy (non-hydrogen) atoms. The number of hydrogen-bond acceptors (Lipinski definition) is 2. The Kier molecular flexibility index (Phi) is 8.29. The minimum absolute atomic E-state index is 0.121. The summed E-state index contributed by atoms with van der Waals surface area (Å²) in [7, 11) is 0. The summed E-state index contributed by atoms with van der Waals surface area (Å²) < 4.78 is 16.6. The van der Waals surface area contributed by atoms with Gasteiger partial charge < -0.3 is 0 Å². The fourth-order valence-electron chi connectivity index (χ4n) is 10.4. The standard InChI is InChI=1S/C33H55FOS/c1-6-22(3)23(4)19-24-8-7-9-26(20-24)36-31(35)30-13-12-28-27-11-10-25-18-21(2)14-17-33(25,34)29(27)15-16-32(28,30)5/h21-30H,6-20H2,1-5H3. The third-order valence-electron chi connectivity index (χ3n) is 12.9. The topological polar surface area (TPSA) is 17.1 Å². The van der Waals surface area contributed by atoms with Crippen LogP contribution in [0.4, 0.5) is 4.39 Å². The first-order valence-electron chi connectivity index (χ1n) is 16.0. The molecule has 0 amide bonds. The fourth-order valence-corrected chi connectivity index (χ4v) is 11.9. The zero-order chi connectivity index (χ0) is 25.7. The molecule has 0 bridgehead atoms. The molecule has 12 atom stereocenters. The fraction of sp³-hybridized carbons (Fsp3) is 0.970. The maximum absolute atomic E-state index is 16.6. The minimum atomic E-state index is -0.906. The van der Waals surface area contributed by atoms with Crippen molar-refractivity contribution in [3.63, 3.8) is 0 Å². The minimum Gasteiger partial charge on any atom is -0.287 e. The Morgan fingerprint density at radius 3 is 2.53 bits per heavy atom. The molecule has 1 nitrogen and oxygen atoms in total. The number of carbonyl (C=O) groups excluding carboxylic acids is 1. The van der Waals surface area contributed by atoms with Crippen LogP contribution in [0.3, 0.4) is 0 Å². The van der Waals surface area contributed by atoms with E-state index in [1.54, 1.807) is 11.8 Å². The van der Waals surface area contributed by atoms with Gasteiger partial charge in [-0.05, 0) is 130 Å². The van der Waals surface area contributed by atoms with Gasteiger partial charge in [-0.15, -0.1) is 0 Å². The van der Waals surface area contributed by atoms with E-state index in [4.69, 9.17) is 0 Å². The third-order valence-corrected chi connectivity index (χ3v) is 14.2. The van der Waals surface area contributed by atoms with Crippen molar-refractivity contribution >= 4 is 16.9 Å². The molecule has 0 aliphatic heterocycles. The predicted molar refractivity (Wildman–Crippen MR) is 152 cm³/mol. The summed E-state index contributed by atoms with van der Waals surface area (Å²) in [6, 6.07) is 0. The molecule has 5 rings (SSSR count). The largest absolute Gasteiger partial charge is 0.287 e. The summed E-state index contributed by atoms with van der Waals surface area (Å²) in [5.41, 5.74) is -0.785. The molecule has 0 heterocycles. The maximum Gasteiger partial charge on any atom is 0.192 e. The number of hydrogen-bond donors (Lipinski definition) is 0. The SMILES string of the molecule is CCC(C)C(C)CC1CCCC(SC(=O)C2CCC3C4CCC5CC(C)CCC5(F)C4CCC23C)C1. The first kappa shape index (κ1) is 27.5. The van der Waals surface area contributed by atoms with Crippen molar-refractivity contribution < 1.29 is 9.18 Å². The summed E-state index contributed by atoms with van der Waals surface area (Å²) in [5.74, 6) is 5.02. The summed E-state index contributed by atoms with van der Waals surface area (Å²) in [5, 5.41) is 1.04. The van der Waals surface area contributed by atoms with Gasteiger partial charge in [0.15, 0.2) is 5.12 Å². The summed E-state index contributed by atoms with van der Waals surface area (Å²) in [4.78, 5) is 13.8. The van der Waals surface area contributed by atoms with Gasteiger partial charge in [0.25, 0.3) is 0 Å². The Balaban J connectivity index is 1.21. The van der Waals surface area contributed by atoms with Gasteiger partial charge in [0, 0.05) is 11.2 Å².